The number of benzene rings is 1. The molecular formula is C13H18FN. The molecule has 0 amide bonds. The summed E-state index contributed by atoms with van der Waals surface area (Å²) in [5, 5.41) is 3.49. The van der Waals surface area contributed by atoms with Crippen molar-refractivity contribution < 1.29 is 4.39 Å². The van der Waals surface area contributed by atoms with Crippen LogP contribution >= 0.6 is 0 Å². The predicted octanol–water partition coefficient (Wildman–Crippen LogP) is 3.10. The molecule has 1 aliphatic carbocycles. The lowest BCUT2D eigenvalue weighted by Gasteiger charge is -2.12. The maximum atomic E-state index is 12.9. The van der Waals surface area contributed by atoms with Crippen molar-refractivity contribution >= 4 is 0 Å². The van der Waals surface area contributed by atoms with E-state index in [1.165, 1.54) is 25.3 Å². The minimum absolute atomic E-state index is 0.144. The van der Waals surface area contributed by atoms with E-state index in [1.54, 1.807) is 12.1 Å². The van der Waals surface area contributed by atoms with Crippen LogP contribution in [-0.4, -0.2) is 6.04 Å². The average molecular weight is 207 g/mol. The first-order valence-corrected chi connectivity index (χ1v) is 5.72. The molecule has 2 atom stereocenters. The minimum atomic E-state index is -0.144. The van der Waals surface area contributed by atoms with E-state index in [4.69, 9.17) is 0 Å². The van der Waals surface area contributed by atoms with E-state index in [0.29, 0.717) is 6.04 Å². The van der Waals surface area contributed by atoms with Crippen LogP contribution in [0.4, 0.5) is 4.39 Å². The highest BCUT2D eigenvalue weighted by Crippen LogP contribution is 2.24. The Morgan fingerprint density at radius 1 is 1.40 bits per heavy atom. The van der Waals surface area contributed by atoms with Crippen molar-refractivity contribution in [3.63, 3.8) is 0 Å². The Morgan fingerprint density at radius 2 is 2.27 bits per heavy atom. The normalized spacial score (nSPS) is 25.7. The SMILES string of the molecule is C[C@H]1CC[C@@H](NCc2cccc(F)c2)C1. The van der Waals surface area contributed by atoms with Gasteiger partial charge in [0.1, 0.15) is 5.82 Å². The highest BCUT2D eigenvalue weighted by atomic mass is 19.1. The molecule has 2 rings (SSSR count). The molecular weight excluding hydrogens is 189 g/mol. The summed E-state index contributed by atoms with van der Waals surface area (Å²) in [4.78, 5) is 0. The van der Waals surface area contributed by atoms with Crippen LogP contribution in [0.2, 0.25) is 0 Å². The number of nitrogens with one attached hydrogen (secondary N) is 1. The zero-order valence-electron chi connectivity index (χ0n) is 9.17. The fourth-order valence-corrected chi connectivity index (χ4v) is 2.30. The summed E-state index contributed by atoms with van der Waals surface area (Å²) in [5.74, 6) is 0.698. The third-order valence-electron chi connectivity index (χ3n) is 3.18. The molecule has 0 spiro atoms. The van der Waals surface area contributed by atoms with Crippen molar-refractivity contribution in [1.82, 2.24) is 5.32 Å². The van der Waals surface area contributed by atoms with Crippen molar-refractivity contribution in [3.05, 3.63) is 35.6 Å². The molecule has 1 nitrogen and oxygen atoms in total. The van der Waals surface area contributed by atoms with E-state index < -0.39 is 0 Å². The predicted molar refractivity (Wildman–Crippen MR) is 60.0 cm³/mol. The van der Waals surface area contributed by atoms with Gasteiger partial charge < -0.3 is 5.32 Å². The monoisotopic (exact) mass is 207 g/mol. The van der Waals surface area contributed by atoms with Gasteiger partial charge in [-0.05, 0) is 42.9 Å². The topological polar surface area (TPSA) is 12.0 Å². The van der Waals surface area contributed by atoms with E-state index in [0.717, 1.165) is 18.0 Å². The first-order valence-electron chi connectivity index (χ1n) is 5.72. The van der Waals surface area contributed by atoms with Gasteiger partial charge in [0.2, 0.25) is 0 Å². The fourth-order valence-electron chi connectivity index (χ4n) is 2.30. The number of hydrogen-bond donors (Lipinski definition) is 1. The molecule has 1 fully saturated rings. The van der Waals surface area contributed by atoms with E-state index in [-0.39, 0.29) is 5.82 Å². The van der Waals surface area contributed by atoms with Crippen molar-refractivity contribution in [1.29, 1.82) is 0 Å². The summed E-state index contributed by atoms with van der Waals surface area (Å²) in [6.07, 6.45) is 3.84. The molecule has 0 bridgehead atoms. The Kier molecular flexibility index (Phi) is 3.37. The molecule has 1 saturated carbocycles. The summed E-state index contributed by atoms with van der Waals surface area (Å²) in [5.41, 5.74) is 1.04. The fraction of sp³-hybridized carbons (Fsp3) is 0.538. The Bertz CT molecular complexity index is 324. The lowest BCUT2D eigenvalue weighted by Crippen LogP contribution is -2.25. The van der Waals surface area contributed by atoms with Crippen molar-refractivity contribution in [2.24, 2.45) is 5.92 Å². The highest BCUT2D eigenvalue weighted by Gasteiger charge is 2.20. The zero-order chi connectivity index (χ0) is 10.7. The van der Waals surface area contributed by atoms with Crippen LogP contribution in [0.1, 0.15) is 31.7 Å². The Balaban J connectivity index is 1.83. The van der Waals surface area contributed by atoms with Gasteiger partial charge in [-0.2, -0.15) is 0 Å². The molecule has 0 radical (unpaired) electrons. The molecule has 0 saturated heterocycles. The molecule has 82 valence electrons. The molecule has 1 aliphatic rings. The number of halogens is 1. The van der Waals surface area contributed by atoms with Crippen LogP contribution in [0.5, 0.6) is 0 Å². The third kappa shape index (κ3) is 3.03. The second-order valence-electron chi connectivity index (χ2n) is 4.63. The lowest BCUT2D eigenvalue weighted by molar-refractivity contribution is 0.501. The van der Waals surface area contributed by atoms with Crippen LogP contribution in [0.3, 0.4) is 0 Å². The van der Waals surface area contributed by atoms with Gasteiger partial charge in [-0.15, -0.1) is 0 Å². The second-order valence-corrected chi connectivity index (χ2v) is 4.63. The van der Waals surface area contributed by atoms with E-state index in [2.05, 4.69) is 12.2 Å². The Morgan fingerprint density at radius 3 is 2.93 bits per heavy atom. The molecule has 0 heterocycles. The zero-order valence-corrected chi connectivity index (χ0v) is 9.17. The van der Waals surface area contributed by atoms with E-state index in [1.807, 2.05) is 6.07 Å². The molecule has 1 aromatic rings. The van der Waals surface area contributed by atoms with Crippen LogP contribution < -0.4 is 5.32 Å². The smallest absolute Gasteiger partial charge is 0.123 e. The van der Waals surface area contributed by atoms with E-state index >= 15 is 0 Å². The van der Waals surface area contributed by atoms with Gasteiger partial charge in [0.15, 0.2) is 0 Å². The third-order valence-corrected chi connectivity index (χ3v) is 3.18. The van der Waals surface area contributed by atoms with Crippen molar-refractivity contribution in [2.45, 2.75) is 38.8 Å². The summed E-state index contributed by atoms with van der Waals surface area (Å²) < 4.78 is 12.9. The van der Waals surface area contributed by atoms with Gasteiger partial charge in [-0.3, -0.25) is 0 Å². The summed E-state index contributed by atoms with van der Waals surface area (Å²) in [6.45, 7) is 3.08. The van der Waals surface area contributed by atoms with E-state index in [9.17, 15) is 4.39 Å². The van der Waals surface area contributed by atoms with Crippen molar-refractivity contribution in [2.75, 3.05) is 0 Å². The number of rotatable bonds is 3. The standard InChI is InChI=1S/C13H18FN/c1-10-5-6-13(7-10)15-9-11-3-2-4-12(14)8-11/h2-4,8,10,13,15H,5-7,9H2,1H3/t10-,13+/m0/s1. The number of hydrogen-bond acceptors (Lipinski definition) is 1. The van der Waals surface area contributed by atoms with Crippen LogP contribution in [0.25, 0.3) is 0 Å². The summed E-state index contributed by atoms with van der Waals surface area (Å²) in [7, 11) is 0. The largest absolute Gasteiger partial charge is 0.310 e. The van der Waals surface area contributed by atoms with Gasteiger partial charge in [0.25, 0.3) is 0 Å². The van der Waals surface area contributed by atoms with Crippen LogP contribution in [0, 0.1) is 11.7 Å². The Labute approximate surface area is 90.7 Å². The molecule has 2 heteroatoms. The lowest BCUT2D eigenvalue weighted by atomic mass is 10.1. The average Bonchev–Trinajstić information content (AvgIpc) is 2.62. The molecule has 0 unspecified atom stereocenters. The minimum Gasteiger partial charge on any atom is -0.310 e. The maximum absolute atomic E-state index is 12.9. The quantitative estimate of drug-likeness (QED) is 0.803. The maximum Gasteiger partial charge on any atom is 0.123 e. The van der Waals surface area contributed by atoms with Gasteiger partial charge in [0, 0.05) is 12.6 Å². The summed E-state index contributed by atoms with van der Waals surface area (Å²) >= 11 is 0. The second kappa shape index (κ2) is 4.75. The van der Waals surface area contributed by atoms with Crippen LogP contribution in [-0.2, 0) is 6.54 Å². The van der Waals surface area contributed by atoms with Gasteiger partial charge in [0.05, 0.1) is 0 Å². The highest BCUT2D eigenvalue weighted by molar-refractivity contribution is 5.16. The molecule has 1 aromatic carbocycles. The molecule has 15 heavy (non-hydrogen) atoms. The van der Waals surface area contributed by atoms with Gasteiger partial charge in [-0.1, -0.05) is 19.1 Å². The van der Waals surface area contributed by atoms with Crippen LogP contribution in [0.15, 0.2) is 24.3 Å². The first-order chi connectivity index (χ1) is 7.24. The summed E-state index contributed by atoms with van der Waals surface area (Å²) in [6, 6.07) is 7.45. The molecule has 1 N–H and O–H groups in total. The van der Waals surface area contributed by atoms with Gasteiger partial charge in [-0.25, -0.2) is 4.39 Å². The molecule has 0 aromatic heterocycles. The Hall–Kier alpha value is -0.890. The first kappa shape index (κ1) is 10.6. The molecule has 0 aliphatic heterocycles. The van der Waals surface area contributed by atoms with Crippen molar-refractivity contribution in [3.8, 4) is 0 Å². The van der Waals surface area contributed by atoms with Gasteiger partial charge >= 0.3 is 0 Å².